The number of hydrogen-bond acceptors (Lipinski definition) is 1. The Morgan fingerprint density at radius 3 is 2.32 bits per heavy atom. The van der Waals surface area contributed by atoms with Crippen molar-refractivity contribution in [2.24, 2.45) is 5.92 Å². The highest BCUT2D eigenvalue weighted by Crippen LogP contribution is 2.38. The van der Waals surface area contributed by atoms with Crippen molar-refractivity contribution in [3.63, 3.8) is 0 Å². The molecule has 1 aliphatic rings. The third-order valence-electron chi connectivity index (χ3n) is 3.73. The Bertz CT molecular complexity index is 437. The highest BCUT2D eigenvalue weighted by Gasteiger charge is 2.41. The summed E-state index contributed by atoms with van der Waals surface area (Å²) in [4.78, 5) is 0. The summed E-state index contributed by atoms with van der Waals surface area (Å²) in [6, 6.07) is 6.09. The highest BCUT2D eigenvalue weighted by atomic mass is 79.9. The minimum atomic E-state index is -4.03. The van der Waals surface area contributed by atoms with Gasteiger partial charge in [-0.1, -0.05) is 22.0 Å². The maximum absolute atomic E-state index is 12.6. The van der Waals surface area contributed by atoms with E-state index in [9.17, 15) is 13.2 Å². The van der Waals surface area contributed by atoms with Crippen LogP contribution in [0.15, 0.2) is 22.7 Å². The molecule has 1 aromatic rings. The zero-order valence-corrected chi connectivity index (χ0v) is 12.3. The lowest BCUT2D eigenvalue weighted by Gasteiger charge is -2.31. The molecule has 1 saturated carbocycles. The van der Waals surface area contributed by atoms with E-state index in [1.807, 2.05) is 25.1 Å². The molecular formula is C14H17BrF3N. The van der Waals surface area contributed by atoms with Crippen LogP contribution in [0.4, 0.5) is 18.9 Å². The summed E-state index contributed by atoms with van der Waals surface area (Å²) in [5.41, 5.74) is 2.11. The molecule has 0 spiro atoms. The Morgan fingerprint density at radius 2 is 1.79 bits per heavy atom. The Labute approximate surface area is 119 Å². The fraction of sp³-hybridized carbons (Fsp3) is 0.571. The van der Waals surface area contributed by atoms with Crippen LogP contribution in [0.1, 0.15) is 31.2 Å². The lowest BCUT2D eigenvalue weighted by molar-refractivity contribution is -0.182. The molecule has 106 valence electrons. The van der Waals surface area contributed by atoms with Crippen molar-refractivity contribution in [1.82, 2.24) is 0 Å². The van der Waals surface area contributed by atoms with Gasteiger partial charge in [-0.25, -0.2) is 0 Å². The van der Waals surface area contributed by atoms with E-state index in [1.165, 1.54) is 0 Å². The van der Waals surface area contributed by atoms with E-state index in [0.29, 0.717) is 12.8 Å². The monoisotopic (exact) mass is 335 g/mol. The van der Waals surface area contributed by atoms with Crippen molar-refractivity contribution in [2.75, 3.05) is 5.32 Å². The zero-order chi connectivity index (χ0) is 14.0. The molecular weight excluding hydrogens is 319 g/mol. The van der Waals surface area contributed by atoms with Crippen molar-refractivity contribution in [3.8, 4) is 0 Å². The molecule has 0 aliphatic heterocycles. The van der Waals surface area contributed by atoms with Gasteiger partial charge in [0.15, 0.2) is 0 Å². The molecule has 1 aliphatic carbocycles. The molecule has 1 nitrogen and oxygen atoms in total. The van der Waals surface area contributed by atoms with Crippen LogP contribution in [-0.4, -0.2) is 12.2 Å². The number of nitrogens with one attached hydrogen (secondary N) is 1. The summed E-state index contributed by atoms with van der Waals surface area (Å²) in [6.45, 7) is 2.00. The van der Waals surface area contributed by atoms with Crippen LogP contribution < -0.4 is 5.32 Å². The lowest BCUT2D eigenvalue weighted by atomic mass is 9.85. The standard InChI is InChI=1S/C14H17BrF3N/c1-9-2-5-12(8-13(9)15)19-11-6-3-10(4-7-11)14(16,17)18/h2,5,8,10-11,19H,3-4,6-7H2,1H3. The molecule has 2 rings (SSSR count). The maximum atomic E-state index is 12.6. The number of aryl methyl sites for hydroxylation is 1. The molecule has 1 aromatic carbocycles. The molecule has 19 heavy (non-hydrogen) atoms. The van der Waals surface area contributed by atoms with Crippen molar-refractivity contribution in [1.29, 1.82) is 0 Å². The van der Waals surface area contributed by atoms with Gasteiger partial charge in [0.05, 0.1) is 5.92 Å². The van der Waals surface area contributed by atoms with Crippen molar-refractivity contribution >= 4 is 21.6 Å². The largest absolute Gasteiger partial charge is 0.391 e. The van der Waals surface area contributed by atoms with E-state index in [2.05, 4.69) is 21.2 Å². The molecule has 0 heterocycles. The zero-order valence-electron chi connectivity index (χ0n) is 10.7. The second-order valence-electron chi connectivity index (χ2n) is 5.20. The second-order valence-corrected chi connectivity index (χ2v) is 6.05. The van der Waals surface area contributed by atoms with Crippen LogP contribution in [0.3, 0.4) is 0 Å². The SMILES string of the molecule is Cc1ccc(NC2CCC(C(F)(F)F)CC2)cc1Br. The molecule has 0 saturated heterocycles. The first-order chi connectivity index (χ1) is 8.86. The summed E-state index contributed by atoms with van der Waals surface area (Å²) >= 11 is 3.46. The third-order valence-corrected chi connectivity index (χ3v) is 4.59. The Kier molecular flexibility index (Phi) is 4.43. The van der Waals surface area contributed by atoms with Crippen LogP contribution >= 0.6 is 15.9 Å². The van der Waals surface area contributed by atoms with Gasteiger partial charge >= 0.3 is 6.18 Å². The molecule has 0 radical (unpaired) electrons. The van der Waals surface area contributed by atoms with Crippen molar-refractivity contribution < 1.29 is 13.2 Å². The molecule has 0 aromatic heterocycles. The van der Waals surface area contributed by atoms with Crippen LogP contribution in [0.2, 0.25) is 0 Å². The Morgan fingerprint density at radius 1 is 1.16 bits per heavy atom. The predicted octanol–water partition coefficient (Wildman–Crippen LogP) is 5.29. The van der Waals surface area contributed by atoms with E-state index in [1.54, 1.807) is 0 Å². The fourth-order valence-corrected chi connectivity index (χ4v) is 2.86. The molecule has 0 bridgehead atoms. The lowest BCUT2D eigenvalue weighted by Crippen LogP contribution is -2.32. The maximum Gasteiger partial charge on any atom is 0.391 e. The van der Waals surface area contributed by atoms with Crippen LogP contribution in [-0.2, 0) is 0 Å². The van der Waals surface area contributed by atoms with Gasteiger partial charge in [0.1, 0.15) is 0 Å². The summed E-state index contributed by atoms with van der Waals surface area (Å²) in [5.74, 6) is -1.12. The number of benzene rings is 1. The number of rotatable bonds is 2. The quantitative estimate of drug-likeness (QED) is 0.774. The first-order valence-electron chi connectivity index (χ1n) is 6.45. The van der Waals surface area contributed by atoms with E-state index in [4.69, 9.17) is 0 Å². The number of halogens is 4. The van der Waals surface area contributed by atoms with E-state index in [0.717, 1.165) is 15.7 Å². The normalized spacial score (nSPS) is 24.3. The summed E-state index contributed by atoms with van der Waals surface area (Å²) in [5, 5.41) is 3.32. The van der Waals surface area contributed by atoms with Gasteiger partial charge < -0.3 is 5.32 Å². The Hall–Kier alpha value is -0.710. The molecule has 0 atom stereocenters. The molecule has 0 amide bonds. The van der Waals surface area contributed by atoms with Gasteiger partial charge in [0, 0.05) is 16.2 Å². The van der Waals surface area contributed by atoms with Gasteiger partial charge in [0.2, 0.25) is 0 Å². The average Bonchev–Trinajstić information content (AvgIpc) is 2.33. The van der Waals surface area contributed by atoms with Gasteiger partial charge in [0.25, 0.3) is 0 Å². The number of alkyl halides is 3. The van der Waals surface area contributed by atoms with Crippen LogP contribution in [0.5, 0.6) is 0 Å². The predicted molar refractivity (Wildman–Crippen MR) is 74.3 cm³/mol. The number of anilines is 1. The number of hydrogen-bond donors (Lipinski definition) is 1. The van der Waals surface area contributed by atoms with Gasteiger partial charge in [-0.05, 0) is 50.3 Å². The van der Waals surface area contributed by atoms with Crippen molar-refractivity contribution in [2.45, 2.75) is 44.8 Å². The van der Waals surface area contributed by atoms with Gasteiger partial charge in [-0.3, -0.25) is 0 Å². The van der Waals surface area contributed by atoms with Gasteiger partial charge in [-0.2, -0.15) is 13.2 Å². The molecule has 1 N–H and O–H groups in total. The molecule has 1 fully saturated rings. The van der Waals surface area contributed by atoms with E-state index < -0.39 is 12.1 Å². The first-order valence-corrected chi connectivity index (χ1v) is 7.25. The minimum absolute atomic E-state index is 0.146. The van der Waals surface area contributed by atoms with E-state index >= 15 is 0 Å². The molecule has 5 heteroatoms. The highest BCUT2D eigenvalue weighted by molar-refractivity contribution is 9.10. The smallest absolute Gasteiger partial charge is 0.382 e. The average molecular weight is 336 g/mol. The third kappa shape index (κ3) is 3.88. The Balaban J connectivity index is 1.90. The van der Waals surface area contributed by atoms with Crippen LogP contribution in [0.25, 0.3) is 0 Å². The molecule has 0 unspecified atom stereocenters. The van der Waals surface area contributed by atoms with Gasteiger partial charge in [-0.15, -0.1) is 0 Å². The topological polar surface area (TPSA) is 12.0 Å². The van der Waals surface area contributed by atoms with E-state index in [-0.39, 0.29) is 18.9 Å². The summed E-state index contributed by atoms with van der Waals surface area (Å²) in [6.07, 6.45) is -2.41. The first kappa shape index (κ1) is 14.7. The second kappa shape index (κ2) is 5.73. The summed E-state index contributed by atoms with van der Waals surface area (Å²) in [7, 11) is 0. The van der Waals surface area contributed by atoms with Crippen LogP contribution in [0, 0.1) is 12.8 Å². The van der Waals surface area contributed by atoms with Crippen molar-refractivity contribution in [3.05, 3.63) is 28.2 Å². The fourth-order valence-electron chi connectivity index (χ4n) is 2.48. The minimum Gasteiger partial charge on any atom is -0.382 e. The summed E-state index contributed by atoms with van der Waals surface area (Å²) < 4.78 is 38.7.